The molecule has 0 radical (unpaired) electrons. The van der Waals surface area contributed by atoms with E-state index < -0.39 is 0 Å². The lowest BCUT2D eigenvalue weighted by atomic mass is 10.0. The molecule has 1 fully saturated rings. The first-order chi connectivity index (χ1) is 15.0. The summed E-state index contributed by atoms with van der Waals surface area (Å²) in [5, 5.41) is 12.3. The molecular weight excluding hydrogens is 408 g/mol. The first-order valence-corrected chi connectivity index (χ1v) is 12.4. The van der Waals surface area contributed by atoms with Crippen molar-refractivity contribution in [2.45, 2.75) is 51.7 Å². The van der Waals surface area contributed by atoms with Crippen molar-refractivity contribution in [3.8, 4) is 5.75 Å². The molecule has 0 spiro atoms. The average molecular weight is 443 g/mol. The first kappa shape index (κ1) is 22.3. The molecule has 1 aliphatic heterocycles. The molecule has 1 aromatic carbocycles. The van der Waals surface area contributed by atoms with Gasteiger partial charge in [0.05, 0.1) is 18.7 Å². The minimum atomic E-state index is -0.378. The lowest BCUT2D eigenvalue weighted by Gasteiger charge is -2.37. The molecule has 0 unspecified atom stereocenters. The number of aliphatic hydroxyl groups is 1. The fraction of sp³-hybridized carbons (Fsp3) is 0.560. The summed E-state index contributed by atoms with van der Waals surface area (Å²) in [6.07, 6.45) is 3.71. The van der Waals surface area contributed by atoms with Crippen molar-refractivity contribution in [1.29, 1.82) is 0 Å². The largest absolute Gasteiger partial charge is 0.491 e. The number of carbonyl (C=O) groups excluding carboxylic acids is 1. The smallest absolute Gasteiger partial charge is 0.237 e. The van der Waals surface area contributed by atoms with E-state index in [1.54, 1.807) is 11.3 Å². The normalized spacial score (nSPS) is 19.4. The Morgan fingerprint density at radius 3 is 2.94 bits per heavy atom. The number of ether oxygens (including phenoxy) is 1. The summed E-state index contributed by atoms with van der Waals surface area (Å²) in [7, 11) is 0. The van der Waals surface area contributed by atoms with Gasteiger partial charge in [-0.25, -0.2) is 0 Å². The number of fused-ring (bicyclic) bond motifs is 1. The Kier molecular flexibility index (Phi) is 7.31. The van der Waals surface area contributed by atoms with E-state index in [0.717, 1.165) is 30.8 Å². The molecule has 6 heteroatoms. The highest BCUT2D eigenvalue weighted by atomic mass is 32.1. The van der Waals surface area contributed by atoms with E-state index in [4.69, 9.17) is 4.74 Å². The average Bonchev–Trinajstić information content (AvgIpc) is 3.43. The fourth-order valence-corrected chi connectivity index (χ4v) is 5.26. The Morgan fingerprint density at radius 1 is 1.35 bits per heavy atom. The Hall–Kier alpha value is -1.89. The van der Waals surface area contributed by atoms with Gasteiger partial charge in [0, 0.05) is 24.5 Å². The fourth-order valence-electron chi connectivity index (χ4n) is 4.33. The molecule has 1 aliphatic carbocycles. The summed E-state index contributed by atoms with van der Waals surface area (Å²) in [6.45, 7) is 7.07. The van der Waals surface area contributed by atoms with Crippen LogP contribution in [0.25, 0.3) is 0 Å². The Balaban J connectivity index is 1.46. The van der Waals surface area contributed by atoms with Gasteiger partial charge in [-0.1, -0.05) is 19.1 Å². The van der Waals surface area contributed by atoms with Crippen LogP contribution in [0.4, 0.5) is 0 Å². The summed E-state index contributed by atoms with van der Waals surface area (Å²) in [6, 6.07) is 10.1. The Morgan fingerprint density at radius 2 is 2.19 bits per heavy atom. The number of aryl methyl sites for hydroxylation is 1. The van der Waals surface area contributed by atoms with Crippen LogP contribution in [0.3, 0.4) is 0 Å². The van der Waals surface area contributed by atoms with E-state index >= 15 is 0 Å². The molecule has 2 aromatic rings. The van der Waals surface area contributed by atoms with Crippen LogP contribution in [-0.4, -0.2) is 59.7 Å². The van der Waals surface area contributed by atoms with Gasteiger partial charge in [-0.15, -0.1) is 11.3 Å². The van der Waals surface area contributed by atoms with Gasteiger partial charge in [0.1, 0.15) is 12.4 Å². The van der Waals surface area contributed by atoms with Crippen LogP contribution in [0.1, 0.15) is 48.2 Å². The highest BCUT2D eigenvalue weighted by Gasteiger charge is 2.34. The molecule has 5 nitrogen and oxygen atoms in total. The number of aliphatic hydroxyl groups excluding tert-OH is 1. The summed E-state index contributed by atoms with van der Waals surface area (Å²) in [5.41, 5.74) is 2.38. The maximum Gasteiger partial charge on any atom is 0.237 e. The zero-order valence-corrected chi connectivity index (χ0v) is 19.4. The van der Waals surface area contributed by atoms with Gasteiger partial charge in [-0.05, 0) is 73.2 Å². The third kappa shape index (κ3) is 5.88. The summed E-state index contributed by atoms with van der Waals surface area (Å²) < 4.78 is 6.15. The van der Waals surface area contributed by atoms with E-state index in [1.165, 1.54) is 23.3 Å². The molecule has 2 aliphatic rings. The van der Waals surface area contributed by atoms with Crippen LogP contribution in [0.2, 0.25) is 0 Å². The molecule has 168 valence electrons. The maximum atomic E-state index is 13.4. The van der Waals surface area contributed by atoms with Gasteiger partial charge in [-0.2, -0.15) is 0 Å². The van der Waals surface area contributed by atoms with E-state index in [-0.39, 0.29) is 18.1 Å². The molecule has 1 amide bonds. The highest BCUT2D eigenvalue weighted by molar-refractivity contribution is 7.10. The van der Waals surface area contributed by atoms with Gasteiger partial charge in [0.2, 0.25) is 5.91 Å². The number of amides is 1. The second-order valence-corrected chi connectivity index (χ2v) is 9.98. The second kappa shape index (κ2) is 10.2. The molecule has 4 rings (SSSR count). The standard InChI is InChI=1S/C25H34N2O3S/c1-3-20(28)15-26(14-19-7-8-19)16-25(29)27-11-9-24-22(10-12-31-24)23(27)17-30-21-6-4-5-18(2)13-21/h4-6,10,12-13,19-20,23,28H,3,7-9,11,14-17H2,1-2H3/t20-,23+/m1/s1. The molecule has 2 atom stereocenters. The highest BCUT2D eigenvalue weighted by Crippen LogP contribution is 2.34. The van der Waals surface area contributed by atoms with Gasteiger partial charge in [0.25, 0.3) is 0 Å². The molecule has 1 N–H and O–H groups in total. The zero-order valence-electron chi connectivity index (χ0n) is 18.6. The number of thiophene rings is 1. The summed E-state index contributed by atoms with van der Waals surface area (Å²) in [4.78, 5) is 19.0. The SMILES string of the molecule is CC[C@@H](O)CN(CC(=O)N1CCc2sccc2[C@@H]1COc1cccc(C)c1)CC1CC1. The maximum absolute atomic E-state index is 13.4. The predicted octanol–water partition coefficient (Wildman–Crippen LogP) is 4.04. The van der Waals surface area contributed by atoms with Crippen LogP contribution in [0.15, 0.2) is 35.7 Å². The van der Waals surface area contributed by atoms with Crippen molar-refractivity contribution in [1.82, 2.24) is 9.80 Å². The topological polar surface area (TPSA) is 53.0 Å². The number of rotatable bonds is 10. The van der Waals surface area contributed by atoms with Gasteiger partial charge < -0.3 is 14.7 Å². The van der Waals surface area contributed by atoms with E-state index in [9.17, 15) is 9.90 Å². The monoisotopic (exact) mass is 442 g/mol. The lowest BCUT2D eigenvalue weighted by Crippen LogP contribution is -2.48. The number of hydrogen-bond donors (Lipinski definition) is 1. The van der Waals surface area contributed by atoms with Gasteiger partial charge in [-0.3, -0.25) is 9.69 Å². The second-order valence-electron chi connectivity index (χ2n) is 8.98. The van der Waals surface area contributed by atoms with E-state index in [1.807, 2.05) is 30.0 Å². The number of benzene rings is 1. The molecule has 1 saturated carbocycles. The summed E-state index contributed by atoms with van der Waals surface area (Å²) in [5.74, 6) is 1.66. The summed E-state index contributed by atoms with van der Waals surface area (Å²) >= 11 is 1.77. The molecule has 2 heterocycles. The van der Waals surface area contributed by atoms with Crippen molar-refractivity contribution in [3.05, 3.63) is 51.7 Å². The Labute approximate surface area is 189 Å². The van der Waals surface area contributed by atoms with Crippen molar-refractivity contribution >= 4 is 17.2 Å². The van der Waals surface area contributed by atoms with E-state index in [2.05, 4.69) is 29.3 Å². The zero-order chi connectivity index (χ0) is 21.8. The molecule has 0 bridgehead atoms. The molecule has 31 heavy (non-hydrogen) atoms. The van der Waals surface area contributed by atoms with E-state index in [0.29, 0.717) is 32.0 Å². The predicted molar refractivity (Wildman–Crippen MR) is 125 cm³/mol. The van der Waals surface area contributed by atoms with Crippen molar-refractivity contribution < 1.29 is 14.6 Å². The van der Waals surface area contributed by atoms with Crippen molar-refractivity contribution in [2.75, 3.05) is 32.8 Å². The first-order valence-electron chi connectivity index (χ1n) is 11.5. The molecule has 1 aromatic heterocycles. The van der Waals surface area contributed by atoms with Crippen LogP contribution in [-0.2, 0) is 11.2 Å². The number of carbonyl (C=O) groups is 1. The van der Waals surface area contributed by atoms with Gasteiger partial charge in [0.15, 0.2) is 0 Å². The van der Waals surface area contributed by atoms with Crippen molar-refractivity contribution in [2.24, 2.45) is 5.92 Å². The Bertz CT molecular complexity index is 879. The number of nitrogens with zero attached hydrogens (tertiary/aromatic N) is 2. The minimum Gasteiger partial charge on any atom is -0.491 e. The quantitative estimate of drug-likeness (QED) is 0.603. The number of hydrogen-bond acceptors (Lipinski definition) is 5. The molecular formula is C25H34N2O3S. The van der Waals surface area contributed by atoms with Crippen LogP contribution in [0.5, 0.6) is 5.75 Å². The third-order valence-corrected chi connectivity index (χ3v) is 7.32. The lowest BCUT2D eigenvalue weighted by molar-refractivity contribution is -0.136. The third-order valence-electron chi connectivity index (χ3n) is 6.33. The van der Waals surface area contributed by atoms with Crippen molar-refractivity contribution in [3.63, 3.8) is 0 Å². The molecule has 0 saturated heterocycles. The van der Waals surface area contributed by atoms with Crippen LogP contribution < -0.4 is 4.74 Å². The van der Waals surface area contributed by atoms with Gasteiger partial charge >= 0.3 is 0 Å². The minimum absolute atomic E-state index is 0.0677. The van der Waals surface area contributed by atoms with Crippen LogP contribution in [0, 0.1) is 12.8 Å². The van der Waals surface area contributed by atoms with Crippen LogP contribution >= 0.6 is 11.3 Å².